The van der Waals surface area contributed by atoms with Gasteiger partial charge < -0.3 is 5.11 Å². The molecule has 4 nitrogen and oxygen atoms in total. The predicted molar refractivity (Wildman–Crippen MR) is 65.0 cm³/mol. The van der Waals surface area contributed by atoms with E-state index in [-0.39, 0.29) is 5.69 Å². The molecule has 1 aromatic heterocycles. The zero-order valence-electron chi connectivity index (χ0n) is 9.84. The average Bonchev–Trinajstić information content (AvgIpc) is 2.72. The van der Waals surface area contributed by atoms with Gasteiger partial charge in [0.1, 0.15) is 0 Å². The third-order valence-corrected chi connectivity index (χ3v) is 2.76. The van der Waals surface area contributed by atoms with Crippen LogP contribution in [-0.4, -0.2) is 20.9 Å². The number of benzene rings is 1. The summed E-state index contributed by atoms with van der Waals surface area (Å²) in [5.74, 6) is -1.00. The third kappa shape index (κ3) is 2.20. The van der Waals surface area contributed by atoms with Crippen molar-refractivity contribution in [3.63, 3.8) is 0 Å². The van der Waals surface area contributed by atoms with Crippen molar-refractivity contribution in [3.8, 4) is 11.3 Å². The normalized spacial score (nSPS) is 10.5. The Labute approximate surface area is 99.5 Å². The molecule has 4 heteroatoms. The molecule has 2 aromatic rings. The van der Waals surface area contributed by atoms with Crippen LogP contribution in [0.25, 0.3) is 11.3 Å². The van der Waals surface area contributed by atoms with E-state index in [0.717, 1.165) is 17.7 Å². The second-order valence-corrected chi connectivity index (χ2v) is 3.89. The first-order valence-corrected chi connectivity index (χ1v) is 5.48. The van der Waals surface area contributed by atoms with Crippen LogP contribution in [0.1, 0.15) is 23.0 Å². The summed E-state index contributed by atoms with van der Waals surface area (Å²) in [5.41, 5.74) is 3.12. The Morgan fingerprint density at radius 2 is 2.00 bits per heavy atom. The monoisotopic (exact) mass is 230 g/mol. The van der Waals surface area contributed by atoms with E-state index in [0.29, 0.717) is 0 Å². The van der Waals surface area contributed by atoms with Gasteiger partial charge >= 0.3 is 5.97 Å². The van der Waals surface area contributed by atoms with Gasteiger partial charge in [0, 0.05) is 7.05 Å². The van der Waals surface area contributed by atoms with Gasteiger partial charge in [-0.15, -0.1) is 0 Å². The first kappa shape index (κ1) is 11.4. The molecule has 88 valence electrons. The van der Waals surface area contributed by atoms with Gasteiger partial charge in [-0.1, -0.05) is 31.2 Å². The summed E-state index contributed by atoms with van der Waals surface area (Å²) in [6.07, 6.45) is 0.992. The SMILES string of the molecule is CCc1ccc(-c2cc(C(=O)O)nn2C)cc1. The smallest absolute Gasteiger partial charge is 0.356 e. The summed E-state index contributed by atoms with van der Waals surface area (Å²) in [6, 6.07) is 9.65. The number of carboxylic acids is 1. The lowest BCUT2D eigenvalue weighted by atomic mass is 10.1. The van der Waals surface area contributed by atoms with E-state index in [4.69, 9.17) is 5.11 Å². The van der Waals surface area contributed by atoms with Crippen LogP contribution < -0.4 is 0 Å². The summed E-state index contributed by atoms with van der Waals surface area (Å²) in [5, 5.41) is 12.8. The summed E-state index contributed by atoms with van der Waals surface area (Å²) >= 11 is 0. The van der Waals surface area contributed by atoms with Crippen molar-refractivity contribution in [2.45, 2.75) is 13.3 Å². The van der Waals surface area contributed by atoms with Crippen molar-refractivity contribution < 1.29 is 9.90 Å². The minimum atomic E-state index is -1.00. The average molecular weight is 230 g/mol. The quantitative estimate of drug-likeness (QED) is 0.880. The summed E-state index contributed by atoms with van der Waals surface area (Å²) in [6.45, 7) is 2.10. The zero-order valence-corrected chi connectivity index (χ0v) is 9.84. The highest BCUT2D eigenvalue weighted by Crippen LogP contribution is 2.20. The van der Waals surface area contributed by atoms with Gasteiger partial charge in [0.05, 0.1) is 5.69 Å². The van der Waals surface area contributed by atoms with E-state index >= 15 is 0 Å². The number of carbonyl (C=O) groups is 1. The van der Waals surface area contributed by atoms with Gasteiger partial charge in [-0.2, -0.15) is 5.10 Å². The molecular weight excluding hydrogens is 216 g/mol. The highest BCUT2D eigenvalue weighted by atomic mass is 16.4. The number of aryl methyl sites for hydroxylation is 2. The minimum absolute atomic E-state index is 0.0714. The van der Waals surface area contributed by atoms with Gasteiger partial charge in [-0.25, -0.2) is 4.79 Å². The van der Waals surface area contributed by atoms with Gasteiger partial charge in [0.15, 0.2) is 5.69 Å². The summed E-state index contributed by atoms with van der Waals surface area (Å²) < 4.78 is 1.59. The van der Waals surface area contributed by atoms with Crippen molar-refractivity contribution >= 4 is 5.97 Å². The molecule has 0 aliphatic rings. The number of aromatic nitrogens is 2. The van der Waals surface area contributed by atoms with Crippen LogP contribution in [0.5, 0.6) is 0 Å². The first-order valence-electron chi connectivity index (χ1n) is 5.48. The van der Waals surface area contributed by atoms with E-state index in [1.54, 1.807) is 17.8 Å². The van der Waals surface area contributed by atoms with Crippen LogP contribution in [-0.2, 0) is 13.5 Å². The Morgan fingerprint density at radius 3 is 2.47 bits per heavy atom. The molecule has 0 fully saturated rings. The molecule has 0 unspecified atom stereocenters. The summed E-state index contributed by atoms with van der Waals surface area (Å²) in [4.78, 5) is 10.8. The van der Waals surface area contributed by atoms with Crippen molar-refractivity contribution in [3.05, 3.63) is 41.6 Å². The molecule has 0 bridgehead atoms. The molecule has 0 saturated heterocycles. The molecule has 1 N–H and O–H groups in total. The molecule has 0 aliphatic carbocycles. The largest absolute Gasteiger partial charge is 0.476 e. The number of nitrogens with zero attached hydrogens (tertiary/aromatic N) is 2. The number of hydrogen-bond acceptors (Lipinski definition) is 2. The van der Waals surface area contributed by atoms with Crippen molar-refractivity contribution in [1.82, 2.24) is 9.78 Å². The molecule has 0 amide bonds. The fourth-order valence-corrected chi connectivity index (χ4v) is 1.75. The van der Waals surface area contributed by atoms with E-state index < -0.39 is 5.97 Å². The summed E-state index contributed by atoms with van der Waals surface area (Å²) in [7, 11) is 1.75. The van der Waals surface area contributed by atoms with Gasteiger partial charge in [0.2, 0.25) is 0 Å². The molecule has 1 heterocycles. The Kier molecular flexibility index (Phi) is 2.95. The van der Waals surface area contributed by atoms with Crippen LogP contribution in [0.3, 0.4) is 0 Å². The standard InChI is InChI=1S/C13H14N2O2/c1-3-9-4-6-10(7-5-9)12-8-11(13(16)17)14-15(12)2/h4-8H,3H2,1-2H3,(H,16,17). The van der Waals surface area contributed by atoms with E-state index in [1.807, 2.05) is 24.3 Å². The molecule has 0 saturated carbocycles. The number of hydrogen-bond donors (Lipinski definition) is 1. The first-order chi connectivity index (χ1) is 8.11. The topological polar surface area (TPSA) is 55.1 Å². The highest BCUT2D eigenvalue weighted by molar-refractivity contribution is 5.87. The van der Waals surface area contributed by atoms with E-state index in [9.17, 15) is 4.79 Å². The molecule has 2 rings (SSSR count). The van der Waals surface area contributed by atoms with E-state index in [1.165, 1.54) is 5.56 Å². The van der Waals surface area contributed by atoms with Crippen molar-refractivity contribution in [2.75, 3.05) is 0 Å². The number of aromatic carboxylic acids is 1. The molecular formula is C13H14N2O2. The van der Waals surface area contributed by atoms with Crippen molar-refractivity contribution in [2.24, 2.45) is 7.05 Å². The van der Waals surface area contributed by atoms with Crippen LogP contribution >= 0.6 is 0 Å². The lowest BCUT2D eigenvalue weighted by Gasteiger charge is -2.02. The Balaban J connectivity index is 2.41. The molecule has 0 radical (unpaired) electrons. The van der Waals surface area contributed by atoms with Gasteiger partial charge in [-0.05, 0) is 23.6 Å². The Hall–Kier alpha value is -2.10. The minimum Gasteiger partial charge on any atom is -0.476 e. The maximum atomic E-state index is 10.8. The number of rotatable bonds is 3. The Bertz CT molecular complexity index is 541. The molecule has 0 aliphatic heterocycles. The van der Waals surface area contributed by atoms with Crippen LogP contribution in [0, 0.1) is 0 Å². The zero-order chi connectivity index (χ0) is 12.4. The lowest BCUT2D eigenvalue weighted by Crippen LogP contribution is -1.99. The molecule has 0 atom stereocenters. The van der Waals surface area contributed by atoms with Crippen LogP contribution in [0.15, 0.2) is 30.3 Å². The molecule has 0 spiro atoms. The van der Waals surface area contributed by atoms with Crippen LogP contribution in [0.4, 0.5) is 0 Å². The highest BCUT2D eigenvalue weighted by Gasteiger charge is 2.12. The lowest BCUT2D eigenvalue weighted by molar-refractivity contribution is 0.0689. The van der Waals surface area contributed by atoms with Gasteiger partial charge in [-0.3, -0.25) is 4.68 Å². The second kappa shape index (κ2) is 4.41. The fourth-order valence-electron chi connectivity index (χ4n) is 1.75. The fraction of sp³-hybridized carbons (Fsp3) is 0.231. The Morgan fingerprint density at radius 1 is 1.35 bits per heavy atom. The second-order valence-electron chi connectivity index (χ2n) is 3.89. The van der Waals surface area contributed by atoms with E-state index in [2.05, 4.69) is 12.0 Å². The maximum absolute atomic E-state index is 10.8. The van der Waals surface area contributed by atoms with Crippen LogP contribution in [0.2, 0.25) is 0 Å². The molecule has 17 heavy (non-hydrogen) atoms. The predicted octanol–water partition coefficient (Wildman–Crippen LogP) is 2.35. The van der Waals surface area contributed by atoms with Gasteiger partial charge in [0.25, 0.3) is 0 Å². The molecule has 1 aromatic carbocycles. The van der Waals surface area contributed by atoms with Crippen molar-refractivity contribution in [1.29, 1.82) is 0 Å². The maximum Gasteiger partial charge on any atom is 0.356 e. The third-order valence-electron chi connectivity index (χ3n) is 2.76. The number of carboxylic acid groups (broad SMARTS) is 1.